The molecule has 0 radical (unpaired) electrons. The Hall–Kier alpha value is -1.77. The lowest BCUT2D eigenvalue weighted by Crippen LogP contribution is -1.92. The van der Waals surface area contributed by atoms with Crippen LogP contribution in [0.1, 0.15) is 5.69 Å². The van der Waals surface area contributed by atoms with E-state index in [9.17, 15) is 0 Å². The van der Waals surface area contributed by atoms with Gasteiger partial charge in [-0.15, -0.1) is 0 Å². The summed E-state index contributed by atoms with van der Waals surface area (Å²) in [7, 11) is 1.98. The Labute approximate surface area is 83.2 Å². The molecule has 2 rings (SSSR count). The average Bonchev–Trinajstić information content (AvgIpc) is 2.45. The van der Waals surface area contributed by atoms with Crippen molar-refractivity contribution in [1.29, 1.82) is 0 Å². The minimum atomic E-state index is 0.767. The zero-order valence-electron chi connectivity index (χ0n) is 8.36. The van der Waals surface area contributed by atoms with Crippen molar-refractivity contribution in [3.63, 3.8) is 0 Å². The molecule has 1 aromatic carbocycles. The van der Waals surface area contributed by atoms with Crippen molar-refractivity contribution in [2.45, 2.75) is 6.92 Å². The maximum Gasteiger partial charge on any atom is 0.140 e. The molecule has 2 N–H and O–H groups in total. The highest BCUT2D eigenvalue weighted by Gasteiger charge is 2.04. The fourth-order valence-electron chi connectivity index (χ4n) is 1.56. The SMILES string of the molecule is Cc1cn(C)c(-c2cccc(N)c2)n1. The first-order chi connectivity index (χ1) is 6.66. The van der Waals surface area contributed by atoms with E-state index in [2.05, 4.69) is 4.98 Å². The van der Waals surface area contributed by atoms with Crippen molar-refractivity contribution < 1.29 is 0 Å². The van der Waals surface area contributed by atoms with Gasteiger partial charge in [-0.05, 0) is 19.1 Å². The van der Waals surface area contributed by atoms with Crippen LogP contribution in [0.25, 0.3) is 11.4 Å². The Balaban J connectivity index is 2.54. The van der Waals surface area contributed by atoms with E-state index in [-0.39, 0.29) is 0 Å². The molecule has 0 aliphatic carbocycles. The van der Waals surface area contributed by atoms with Crippen LogP contribution < -0.4 is 5.73 Å². The second kappa shape index (κ2) is 3.18. The molecule has 0 fully saturated rings. The Bertz CT molecular complexity index is 457. The van der Waals surface area contributed by atoms with Gasteiger partial charge in [-0.2, -0.15) is 0 Å². The first-order valence-electron chi connectivity index (χ1n) is 4.52. The molecule has 0 amide bonds. The number of aromatic nitrogens is 2. The van der Waals surface area contributed by atoms with Crippen LogP contribution in [0.4, 0.5) is 5.69 Å². The van der Waals surface area contributed by atoms with Crippen LogP contribution in [-0.4, -0.2) is 9.55 Å². The van der Waals surface area contributed by atoms with Gasteiger partial charge >= 0.3 is 0 Å². The molecule has 1 aromatic heterocycles. The molecule has 72 valence electrons. The third-order valence-corrected chi connectivity index (χ3v) is 2.14. The molecule has 0 spiro atoms. The highest BCUT2D eigenvalue weighted by Crippen LogP contribution is 2.19. The summed E-state index contributed by atoms with van der Waals surface area (Å²) in [6.45, 7) is 1.98. The molecule has 0 aliphatic rings. The zero-order chi connectivity index (χ0) is 10.1. The third kappa shape index (κ3) is 1.48. The minimum absolute atomic E-state index is 0.767. The van der Waals surface area contributed by atoms with Crippen LogP contribution in [0.5, 0.6) is 0 Å². The van der Waals surface area contributed by atoms with Crippen LogP contribution in [0.2, 0.25) is 0 Å². The van der Waals surface area contributed by atoms with Crippen LogP contribution in [0.3, 0.4) is 0 Å². The van der Waals surface area contributed by atoms with Crippen molar-refractivity contribution >= 4 is 5.69 Å². The van der Waals surface area contributed by atoms with Crippen LogP contribution >= 0.6 is 0 Å². The largest absolute Gasteiger partial charge is 0.399 e. The minimum Gasteiger partial charge on any atom is -0.399 e. The smallest absolute Gasteiger partial charge is 0.140 e. The van der Waals surface area contributed by atoms with E-state index in [1.54, 1.807) is 0 Å². The molecule has 1 heterocycles. The molecule has 0 unspecified atom stereocenters. The molecule has 0 saturated carbocycles. The third-order valence-electron chi connectivity index (χ3n) is 2.14. The lowest BCUT2D eigenvalue weighted by molar-refractivity contribution is 0.924. The molecular formula is C11H13N3. The van der Waals surface area contributed by atoms with E-state index < -0.39 is 0 Å². The summed E-state index contributed by atoms with van der Waals surface area (Å²) in [6.07, 6.45) is 2.00. The summed E-state index contributed by atoms with van der Waals surface area (Å²) >= 11 is 0. The van der Waals surface area contributed by atoms with Gasteiger partial charge in [-0.25, -0.2) is 4.98 Å². The Kier molecular flexibility index (Phi) is 2.00. The standard InChI is InChI=1S/C11H13N3/c1-8-7-14(2)11(13-8)9-4-3-5-10(12)6-9/h3-7H,12H2,1-2H3. The van der Waals surface area contributed by atoms with Crippen LogP contribution in [0.15, 0.2) is 30.5 Å². The Morgan fingerprint density at radius 3 is 2.71 bits per heavy atom. The predicted molar refractivity (Wildman–Crippen MR) is 57.8 cm³/mol. The quantitative estimate of drug-likeness (QED) is 0.694. The number of imidazole rings is 1. The lowest BCUT2D eigenvalue weighted by atomic mass is 10.2. The van der Waals surface area contributed by atoms with Gasteiger partial charge in [0, 0.05) is 24.5 Å². The molecular weight excluding hydrogens is 174 g/mol. The second-order valence-corrected chi connectivity index (χ2v) is 3.44. The topological polar surface area (TPSA) is 43.8 Å². The van der Waals surface area contributed by atoms with Crippen LogP contribution in [0, 0.1) is 6.92 Å². The van der Waals surface area contributed by atoms with Crippen molar-refractivity contribution in [3.8, 4) is 11.4 Å². The number of nitrogens with two attached hydrogens (primary N) is 1. The van der Waals surface area contributed by atoms with Gasteiger partial charge in [0.2, 0.25) is 0 Å². The molecule has 0 bridgehead atoms. The van der Waals surface area contributed by atoms with E-state index >= 15 is 0 Å². The number of aryl methyl sites for hydroxylation is 2. The number of nitrogen functional groups attached to an aromatic ring is 1. The average molecular weight is 187 g/mol. The summed E-state index contributed by atoms with van der Waals surface area (Å²) in [5.74, 6) is 0.954. The first kappa shape index (κ1) is 8.81. The molecule has 3 heteroatoms. The lowest BCUT2D eigenvalue weighted by Gasteiger charge is -2.01. The summed E-state index contributed by atoms with van der Waals surface area (Å²) in [5.41, 5.74) is 8.56. The maximum atomic E-state index is 5.72. The van der Waals surface area contributed by atoms with Gasteiger partial charge in [0.25, 0.3) is 0 Å². The van der Waals surface area contributed by atoms with Gasteiger partial charge in [0.1, 0.15) is 5.82 Å². The maximum absolute atomic E-state index is 5.72. The molecule has 0 saturated heterocycles. The predicted octanol–water partition coefficient (Wildman–Crippen LogP) is 1.98. The van der Waals surface area contributed by atoms with Crippen molar-refractivity contribution in [2.75, 3.05) is 5.73 Å². The summed E-state index contributed by atoms with van der Waals surface area (Å²) in [5, 5.41) is 0. The number of benzene rings is 1. The monoisotopic (exact) mass is 187 g/mol. The van der Waals surface area contributed by atoms with Gasteiger partial charge in [-0.3, -0.25) is 0 Å². The van der Waals surface area contributed by atoms with E-state index in [4.69, 9.17) is 5.73 Å². The molecule has 2 aromatic rings. The zero-order valence-corrected chi connectivity index (χ0v) is 8.36. The van der Waals surface area contributed by atoms with Crippen molar-refractivity contribution in [1.82, 2.24) is 9.55 Å². The van der Waals surface area contributed by atoms with E-state index in [1.807, 2.05) is 49.0 Å². The molecule has 0 atom stereocenters. The Morgan fingerprint density at radius 2 is 2.14 bits per heavy atom. The normalized spacial score (nSPS) is 10.4. The second-order valence-electron chi connectivity index (χ2n) is 3.44. The van der Waals surface area contributed by atoms with Crippen LogP contribution in [-0.2, 0) is 7.05 Å². The number of nitrogens with zero attached hydrogens (tertiary/aromatic N) is 2. The highest BCUT2D eigenvalue weighted by molar-refractivity contribution is 5.61. The Morgan fingerprint density at radius 1 is 1.36 bits per heavy atom. The molecule has 14 heavy (non-hydrogen) atoms. The summed E-state index contributed by atoms with van der Waals surface area (Å²) in [6, 6.07) is 7.76. The van der Waals surface area contributed by atoms with Gasteiger partial charge in [0.05, 0.1) is 5.69 Å². The fraction of sp³-hybridized carbons (Fsp3) is 0.182. The molecule has 0 aliphatic heterocycles. The number of hydrogen-bond donors (Lipinski definition) is 1. The van der Waals surface area contributed by atoms with E-state index in [1.165, 1.54) is 0 Å². The van der Waals surface area contributed by atoms with Gasteiger partial charge < -0.3 is 10.3 Å². The van der Waals surface area contributed by atoms with Gasteiger partial charge in [-0.1, -0.05) is 12.1 Å². The van der Waals surface area contributed by atoms with Gasteiger partial charge in [0.15, 0.2) is 0 Å². The van der Waals surface area contributed by atoms with E-state index in [0.717, 1.165) is 22.8 Å². The highest BCUT2D eigenvalue weighted by atomic mass is 15.0. The number of rotatable bonds is 1. The summed E-state index contributed by atoms with van der Waals surface area (Å²) < 4.78 is 2.00. The number of hydrogen-bond acceptors (Lipinski definition) is 2. The molecule has 3 nitrogen and oxygen atoms in total. The number of anilines is 1. The van der Waals surface area contributed by atoms with Crippen molar-refractivity contribution in [3.05, 3.63) is 36.2 Å². The summed E-state index contributed by atoms with van der Waals surface area (Å²) in [4.78, 5) is 4.43. The fourth-order valence-corrected chi connectivity index (χ4v) is 1.56. The van der Waals surface area contributed by atoms with Crippen molar-refractivity contribution in [2.24, 2.45) is 7.05 Å². The van der Waals surface area contributed by atoms with E-state index in [0.29, 0.717) is 0 Å². The first-order valence-corrected chi connectivity index (χ1v) is 4.52.